The third-order valence-corrected chi connectivity index (χ3v) is 11.2. The number of carbonyl (C=O) groups excluding carboxylic acids is 2. The fourth-order valence-electron chi connectivity index (χ4n) is 7.85. The van der Waals surface area contributed by atoms with Crippen LogP contribution < -0.4 is 5.32 Å². The van der Waals surface area contributed by atoms with Crippen LogP contribution in [0.4, 0.5) is 23.2 Å². The molecule has 2 aromatic carbocycles. The minimum atomic E-state index is -2.69. The molecule has 3 aliphatic rings. The van der Waals surface area contributed by atoms with Gasteiger partial charge in [0.15, 0.2) is 0 Å². The van der Waals surface area contributed by atoms with Crippen molar-refractivity contribution in [1.82, 2.24) is 15.3 Å². The molecule has 1 aromatic heterocycles. The van der Waals surface area contributed by atoms with E-state index in [9.17, 15) is 27.2 Å². The molecule has 10 heteroatoms. The third kappa shape index (κ3) is 9.43. The van der Waals surface area contributed by atoms with Crippen LogP contribution in [0.3, 0.4) is 0 Å². The molecule has 1 amide bonds. The van der Waals surface area contributed by atoms with Gasteiger partial charge in [0, 0.05) is 73.1 Å². The van der Waals surface area contributed by atoms with E-state index in [1.165, 1.54) is 0 Å². The summed E-state index contributed by atoms with van der Waals surface area (Å²) >= 11 is 0. The van der Waals surface area contributed by atoms with E-state index in [4.69, 9.17) is 9.98 Å². The predicted octanol–water partition coefficient (Wildman–Crippen LogP) is 9.87. The molecule has 6 nitrogen and oxygen atoms in total. The Kier molecular flexibility index (Phi) is 10.9. The Morgan fingerprint density at radius 2 is 1.41 bits per heavy atom. The van der Waals surface area contributed by atoms with Crippen molar-refractivity contribution in [3.8, 4) is 23.7 Å². The molecule has 3 aromatic rings. The van der Waals surface area contributed by atoms with Crippen LogP contribution >= 0.6 is 0 Å². The van der Waals surface area contributed by atoms with Crippen LogP contribution in [-0.2, 0) is 16.0 Å². The summed E-state index contributed by atoms with van der Waals surface area (Å²) in [5.41, 5.74) is 5.14. The Bertz CT molecular complexity index is 2060. The summed E-state index contributed by atoms with van der Waals surface area (Å²) < 4.78 is 54.8. The number of amides is 1. The number of Topliss-reactive ketones (excluding diaryl/α,β-unsaturated/α-hetero) is 1. The number of aromatic nitrogens is 2. The molecule has 2 saturated carbocycles. The number of rotatable bonds is 7. The number of alkyl halides is 4. The van der Waals surface area contributed by atoms with Crippen LogP contribution in [0.5, 0.6) is 0 Å². The molecular formula is C44H50F4N4O2. The lowest BCUT2D eigenvalue weighted by Gasteiger charge is -2.34. The highest BCUT2D eigenvalue weighted by atomic mass is 19.3. The second kappa shape index (κ2) is 15.0. The minimum absolute atomic E-state index is 0.0263. The zero-order valence-electron chi connectivity index (χ0n) is 32.1. The number of nitrogens with zero attached hydrogens (tertiary/aromatic N) is 2. The maximum Gasteiger partial charge on any atom is 0.248 e. The first kappa shape index (κ1) is 39.3. The van der Waals surface area contributed by atoms with Gasteiger partial charge in [-0.3, -0.25) is 14.6 Å². The number of nitrogens with one attached hydrogen (secondary N) is 2. The van der Waals surface area contributed by atoms with Crippen molar-refractivity contribution < 1.29 is 27.2 Å². The number of imidazole rings is 1. The van der Waals surface area contributed by atoms with E-state index in [0.29, 0.717) is 12.2 Å². The summed E-state index contributed by atoms with van der Waals surface area (Å²) in [6.45, 7) is 12.3. The monoisotopic (exact) mass is 742 g/mol. The zero-order chi connectivity index (χ0) is 39.1. The Morgan fingerprint density at radius 1 is 0.833 bits per heavy atom. The molecule has 6 rings (SSSR count). The highest BCUT2D eigenvalue weighted by molar-refractivity contribution is 6.00. The molecule has 2 aliphatic carbocycles. The normalized spacial score (nSPS) is 19.8. The topological polar surface area (TPSA) is 87.2 Å². The molecular weight excluding hydrogens is 693 g/mol. The van der Waals surface area contributed by atoms with Gasteiger partial charge in [-0.15, -0.1) is 0 Å². The predicted molar refractivity (Wildman–Crippen MR) is 204 cm³/mol. The Labute approximate surface area is 315 Å². The van der Waals surface area contributed by atoms with Crippen molar-refractivity contribution in [1.29, 1.82) is 0 Å². The Hall–Kier alpha value is -4.44. The molecule has 2 fully saturated rings. The zero-order valence-corrected chi connectivity index (χ0v) is 32.1. The standard InChI is InChI=1S/C44H50F4N4O2/c1-41(2,3)32(26-37(53)29-15-19-43(45,46)20-16-29)39-50-34-14-12-28(24-35(34)51-39)10-8-7-9-27-11-13-33-31(23-27)25-36(49-33)38(42(4,5)6)52-40(54)30-17-21-44(47,48)22-18-30/h11-14,23-24,29-30,32,38H,15-22,25-26H2,1-6H3,(H,50,51)(H,52,54)/t32-,38-/m1/s1. The van der Waals surface area contributed by atoms with Crippen LogP contribution in [-0.4, -0.2) is 45.3 Å². The second-order valence-electron chi connectivity index (χ2n) is 17.6. The molecule has 0 radical (unpaired) electrons. The quantitative estimate of drug-likeness (QED) is 0.187. The van der Waals surface area contributed by atoms with Crippen molar-refractivity contribution in [2.45, 2.75) is 130 Å². The molecule has 2 atom stereocenters. The summed E-state index contributed by atoms with van der Waals surface area (Å²) in [6, 6.07) is 11.1. The Morgan fingerprint density at radius 3 is 2.00 bits per heavy atom. The van der Waals surface area contributed by atoms with E-state index >= 15 is 0 Å². The van der Waals surface area contributed by atoms with Crippen molar-refractivity contribution in [2.24, 2.45) is 27.7 Å². The first-order valence-electron chi connectivity index (χ1n) is 19.1. The van der Waals surface area contributed by atoms with Gasteiger partial charge in [0.1, 0.15) is 11.6 Å². The number of hydrogen-bond donors (Lipinski definition) is 2. The van der Waals surface area contributed by atoms with E-state index in [-0.39, 0.29) is 98.2 Å². The van der Waals surface area contributed by atoms with Crippen molar-refractivity contribution in [3.63, 3.8) is 0 Å². The van der Waals surface area contributed by atoms with Crippen LogP contribution in [0.1, 0.15) is 128 Å². The van der Waals surface area contributed by atoms with E-state index in [1.54, 1.807) is 0 Å². The maximum absolute atomic E-state index is 13.7. The number of H-pyrrole nitrogens is 1. The Balaban J connectivity index is 1.10. The average Bonchev–Trinajstić information content (AvgIpc) is 3.70. The number of halogens is 4. The summed E-state index contributed by atoms with van der Waals surface area (Å²) in [5.74, 6) is 6.36. The highest BCUT2D eigenvalue weighted by Crippen LogP contribution is 2.42. The number of aromatic amines is 1. The SMILES string of the molecule is CC(C)(C)[C@H](NC(=O)C1CCC(F)(F)CC1)C1=Nc2ccc(C#CC#Cc3ccc4nc([C@@H](CC(=O)C5CCC(F)(F)CC5)C(C)(C)C)[nH]c4c3)cc2C1. The molecule has 0 saturated heterocycles. The van der Waals surface area contributed by atoms with E-state index in [0.717, 1.165) is 39.1 Å². The number of carbonyl (C=O) groups is 2. The summed E-state index contributed by atoms with van der Waals surface area (Å²) in [5, 5.41) is 3.15. The maximum atomic E-state index is 13.7. The van der Waals surface area contributed by atoms with E-state index < -0.39 is 17.8 Å². The number of benzene rings is 2. The van der Waals surface area contributed by atoms with E-state index in [2.05, 4.69) is 54.8 Å². The third-order valence-electron chi connectivity index (χ3n) is 11.2. The number of hydrogen-bond acceptors (Lipinski definition) is 4. The fraction of sp³-hybridized carbons (Fsp3) is 0.545. The van der Waals surface area contributed by atoms with Gasteiger partial charge in [-0.05, 0) is 90.3 Å². The molecule has 1 aliphatic heterocycles. The van der Waals surface area contributed by atoms with Gasteiger partial charge in [-0.25, -0.2) is 22.5 Å². The van der Waals surface area contributed by atoms with Crippen LogP contribution in [0, 0.1) is 46.3 Å². The average molecular weight is 743 g/mol. The number of aliphatic imine (C=N–C) groups is 1. The largest absolute Gasteiger partial charge is 0.347 e. The molecule has 2 N–H and O–H groups in total. The van der Waals surface area contributed by atoms with Crippen molar-refractivity contribution >= 4 is 34.1 Å². The lowest BCUT2D eigenvalue weighted by atomic mass is 9.74. The van der Waals surface area contributed by atoms with Gasteiger partial charge in [0.05, 0.1) is 22.8 Å². The van der Waals surface area contributed by atoms with Crippen LogP contribution in [0.25, 0.3) is 11.0 Å². The van der Waals surface area contributed by atoms with Gasteiger partial charge < -0.3 is 10.3 Å². The fourth-order valence-corrected chi connectivity index (χ4v) is 7.85. The van der Waals surface area contributed by atoms with Crippen LogP contribution in [0.2, 0.25) is 0 Å². The van der Waals surface area contributed by atoms with Gasteiger partial charge >= 0.3 is 0 Å². The molecule has 0 bridgehead atoms. The van der Waals surface area contributed by atoms with Crippen molar-refractivity contribution in [2.75, 3.05) is 0 Å². The van der Waals surface area contributed by atoms with E-state index in [1.807, 2.05) is 57.2 Å². The highest BCUT2D eigenvalue weighted by Gasteiger charge is 2.41. The first-order valence-corrected chi connectivity index (χ1v) is 19.1. The lowest BCUT2D eigenvalue weighted by Crippen LogP contribution is -2.51. The molecule has 286 valence electrons. The van der Waals surface area contributed by atoms with Gasteiger partial charge in [-0.1, -0.05) is 53.4 Å². The lowest BCUT2D eigenvalue weighted by molar-refractivity contribution is -0.130. The van der Waals surface area contributed by atoms with Gasteiger partial charge in [0.25, 0.3) is 0 Å². The summed E-state index contributed by atoms with van der Waals surface area (Å²) in [4.78, 5) is 39.5. The minimum Gasteiger partial charge on any atom is -0.347 e. The van der Waals surface area contributed by atoms with Crippen LogP contribution in [0.15, 0.2) is 41.4 Å². The van der Waals surface area contributed by atoms with Gasteiger partial charge in [0.2, 0.25) is 17.8 Å². The van der Waals surface area contributed by atoms with Crippen molar-refractivity contribution in [3.05, 3.63) is 58.9 Å². The molecule has 54 heavy (non-hydrogen) atoms. The number of ketones is 1. The molecule has 0 unspecified atom stereocenters. The molecule has 0 spiro atoms. The van der Waals surface area contributed by atoms with Gasteiger partial charge in [-0.2, -0.15) is 0 Å². The number of fused-ring (bicyclic) bond motifs is 2. The summed E-state index contributed by atoms with van der Waals surface area (Å²) in [6.07, 6.45) is 0.643. The second-order valence-corrected chi connectivity index (χ2v) is 17.6. The smallest absolute Gasteiger partial charge is 0.248 e. The summed E-state index contributed by atoms with van der Waals surface area (Å²) in [7, 11) is 0. The molecule has 2 heterocycles. The first-order chi connectivity index (χ1) is 25.3.